The van der Waals surface area contributed by atoms with Crippen LogP contribution in [0.4, 0.5) is 4.39 Å². The zero-order valence-corrected chi connectivity index (χ0v) is 10.4. The summed E-state index contributed by atoms with van der Waals surface area (Å²) in [5, 5.41) is 18.0. The Labute approximate surface area is 110 Å². The van der Waals surface area contributed by atoms with E-state index >= 15 is 0 Å². The molecule has 103 valence electrons. The number of aliphatic hydroxyl groups is 1. The van der Waals surface area contributed by atoms with Gasteiger partial charge in [-0.25, -0.2) is 9.18 Å². The molecule has 0 heterocycles. The third kappa shape index (κ3) is 3.66. The van der Waals surface area contributed by atoms with Crippen molar-refractivity contribution in [3.05, 3.63) is 23.5 Å². The summed E-state index contributed by atoms with van der Waals surface area (Å²) in [4.78, 5) is 11.2. The number of methoxy groups -OCH3 is 2. The Morgan fingerprint density at radius 1 is 1.47 bits per heavy atom. The maximum Gasteiger partial charge on any atom is 0.376 e. The van der Waals surface area contributed by atoms with Gasteiger partial charge < -0.3 is 24.3 Å². The van der Waals surface area contributed by atoms with E-state index in [0.29, 0.717) is 7.48 Å². The van der Waals surface area contributed by atoms with Crippen molar-refractivity contribution in [3.8, 4) is 5.75 Å². The zero-order chi connectivity index (χ0) is 14.4. The van der Waals surface area contributed by atoms with Gasteiger partial charge in [0.25, 0.3) is 6.29 Å². The van der Waals surface area contributed by atoms with Gasteiger partial charge in [0, 0.05) is 7.11 Å². The van der Waals surface area contributed by atoms with Crippen molar-refractivity contribution in [3.63, 3.8) is 0 Å². The summed E-state index contributed by atoms with van der Waals surface area (Å²) in [5.74, 6) is -1.95. The molecule has 19 heavy (non-hydrogen) atoms. The first-order valence-electron chi connectivity index (χ1n) is 5.25. The lowest BCUT2D eigenvalue weighted by Gasteiger charge is -2.16. The van der Waals surface area contributed by atoms with E-state index in [0.717, 1.165) is 19.2 Å². The highest BCUT2D eigenvalue weighted by Crippen LogP contribution is 2.19. The van der Waals surface area contributed by atoms with E-state index in [-0.39, 0.29) is 16.8 Å². The van der Waals surface area contributed by atoms with Gasteiger partial charge in [0.05, 0.1) is 13.7 Å². The molecule has 8 heteroatoms. The molecular weight excluding hydrogens is 258 g/mol. The van der Waals surface area contributed by atoms with Crippen LogP contribution in [0.2, 0.25) is 0 Å². The zero-order valence-electron chi connectivity index (χ0n) is 10.4. The lowest BCUT2D eigenvalue weighted by molar-refractivity contribution is -0.170. The van der Waals surface area contributed by atoms with Crippen molar-refractivity contribution < 1.29 is 33.5 Å². The Kier molecular flexibility index (Phi) is 5.74. The number of halogens is 1. The van der Waals surface area contributed by atoms with Gasteiger partial charge in [0.1, 0.15) is 0 Å². The molecule has 0 amide bonds. The average Bonchev–Trinajstić information content (AvgIpc) is 2.44. The van der Waals surface area contributed by atoms with Crippen LogP contribution in [0.15, 0.2) is 12.1 Å². The summed E-state index contributed by atoms with van der Waals surface area (Å²) in [6.07, 6.45) is -1.42. The van der Waals surface area contributed by atoms with Crippen molar-refractivity contribution in [1.29, 1.82) is 0 Å². The maximum absolute atomic E-state index is 13.7. The Morgan fingerprint density at radius 3 is 2.63 bits per heavy atom. The summed E-state index contributed by atoms with van der Waals surface area (Å²) >= 11 is 0. The predicted molar refractivity (Wildman–Crippen MR) is 63.4 cm³/mol. The van der Waals surface area contributed by atoms with Crippen LogP contribution in [0.25, 0.3) is 0 Å². The van der Waals surface area contributed by atoms with Crippen LogP contribution in [-0.2, 0) is 20.9 Å². The minimum Gasteiger partial charge on any atom is -0.464 e. The predicted octanol–water partition coefficient (Wildman–Crippen LogP) is -0.921. The number of carbonyl (C=O) groups excluding carboxylic acids is 1. The monoisotopic (exact) mass is 271 g/mol. The SMILES string of the molecule is COC(=O)C(OC)Oc1cc([B]O)c(CO)cc1F. The van der Waals surface area contributed by atoms with Gasteiger partial charge in [0.15, 0.2) is 11.6 Å². The number of aliphatic hydroxyl groups excluding tert-OH is 1. The fourth-order valence-electron chi connectivity index (χ4n) is 1.36. The highest BCUT2D eigenvalue weighted by molar-refractivity contribution is 6.46. The number of ether oxygens (including phenoxy) is 3. The minimum atomic E-state index is -1.42. The first-order chi connectivity index (χ1) is 9.07. The number of rotatable bonds is 6. The highest BCUT2D eigenvalue weighted by Gasteiger charge is 2.22. The van der Waals surface area contributed by atoms with E-state index in [1.165, 1.54) is 7.11 Å². The highest BCUT2D eigenvalue weighted by atomic mass is 19.1. The minimum absolute atomic E-state index is 0.165. The second-order valence-corrected chi connectivity index (χ2v) is 3.48. The van der Waals surface area contributed by atoms with Gasteiger partial charge >= 0.3 is 13.5 Å². The molecule has 1 radical (unpaired) electrons. The molecule has 0 bridgehead atoms. The molecule has 2 N–H and O–H groups in total. The van der Waals surface area contributed by atoms with Crippen LogP contribution in [0, 0.1) is 5.82 Å². The molecule has 0 aliphatic heterocycles. The third-order valence-electron chi connectivity index (χ3n) is 2.34. The summed E-state index contributed by atoms with van der Waals surface area (Å²) in [6, 6.07) is 2.12. The molecule has 0 aliphatic rings. The van der Waals surface area contributed by atoms with Crippen molar-refractivity contribution in [2.75, 3.05) is 14.2 Å². The molecule has 1 rings (SSSR count). The molecule has 1 aromatic carbocycles. The Bertz CT molecular complexity index is 453. The summed E-state index contributed by atoms with van der Waals surface area (Å²) < 4.78 is 27.8. The number of benzene rings is 1. The fraction of sp³-hybridized carbons (Fsp3) is 0.364. The number of hydrogen-bond donors (Lipinski definition) is 2. The topological polar surface area (TPSA) is 85.2 Å². The van der Waals surface area contributed by atoms with Crippen LogP contribution in [0.5, 0.6) is 5.75 Å². The lowest BCUT2D eigenvalue weighted by Crippen LogP contribution is -2.31. The van der Waals surface area contributed by atoms with Gasteiger partial charge in [-0.3, -0.25) is 0 Å². The van der Waals surface area contributed by atoms with Crippen LogP contribution in [0.3, 0.4) is 0 Å². The lowest BCUT2D eigenvalue weighted by atomic mass is 9.84. The van der Waals surface area contributed by atoms with Crippen molar-refractivity contribution in [1.82, 2.24) is 0 Å². The Balaban J connectivity index is 3.03. The standard InChI is InChI=1S/C11H13BFO6/c1-17-10(15)11(18-2)19-9-4-7(12-16)6(5-14)3-8(9)13/h3-4,11,14,16H,5H2,1-2H3. The first kappa shape index (κ1) is 15.4. The summed E-state index contributed by atoms with van der Waals surface area (Å²) in [7, 11) is 3.02. The van der Waals surface area contributed by atoms with Crippen LogP contribution in [0.1, 0.15) is 5.56 Å². The quantitative estimate of drug-likeness (QED) is 0.395. The van der Waals surface area contributed by atoms with Gasteiger partial charge in [-0.05, 0) is 23.2 Å². The van der Waals surface area contributed by atoms with Crippen molar-refractivity contribution in [2.24, 2.45) is 0 Å². The van der Waals surface area contributed by atoms with E-state index in [9.17, 15) is 9.18 Å². The normalized spacial score (nSPS) is 11.8. The van der Waals surface area contributed by atoms with Crippen LogP contribution in [-0.4, -0.2) is 44.1 Å². The molecular formula is C11H13BFO6. The maximum atomic E-state index is 13.7. The second kappa shape index (κ2) is 7.08. The number of carbonyl (C=O) groups is 1. The van der Waals surface area contributed by atoms with Gasteiger partial charge in [0.2, 0.25) is 0 Å². The number of esters is 1. The molecule has 0 aliphatic carbocycles. The molecule has 1 unspecified atom stereocenters. The van der Waals surface area contributed by atoms with E-state index in [4.69, 9.17) is 19.6 Å². The van der Waals surface area contributed by atoms with Crippen molar-refractivity contribution >= 4 is 18.9 Å². The summed E-state index contributed by atoms with van der Waals surface area (Å²) in [6.45, 7) is -0.450. The van der Waals surface area contributed by atoms with E-state index in [1.54, 1.807) is 0 Å². The fourth-order valence-corrected chi connectivity index (χ4v) is 1.36. The molecule has 0 aromatic heterocycles. The van der Waals surface area contributed by atoms with Crippen LogP contribution < -0.4 is 10.2 Å². The Hall–Kier alpha value is -1.64. The second-order valence-electron chi connectivity index (χ2n) is 3.48. The van der Waals surface area contributed by atoms with E-state index < -0.39 is 24.7 Å². The smallest absolute Gasteiger partial charge is 0.376 e. The molecule has 1 atom stereocenters. The summed E-state index contributed by atoms with van der Waals surface area (Å²) in [5.41, 5.74) is 0.345. The number of hydrogen-bond acceptors (Lipinski definition) is 6. The molecule has 0 spiro atoms. The van der Waals surface area contributed by atoms with Gasteiger partial charge in [-0.2, -0.15) is 0 Å². The van der Waals surface area contributed by atoms with E-state index in [1.807, 2.05) is 0 Å². The van der Waals surface area contributed by atoms with E-state index in [2.05, 4.69) is 4.74 Å². The van der Waals surface area contributed by atoms with Gasteiger partial charge in [-0.15, -0.1) is 0 Å². The van der Waals surface area contributed by atoms with Crippen molar-refractivity contribution in [2.45, 2.75) is 12.9 Å². The first-order valence-corrected chi connectivity index (χ1v) is 5.25. The third-order valence-corrected chi connectivity index (χ3v) is 2.34. The molecule has 0 saturated carbocycles. The van der Waals surface area contributed by atoms with Gasteiger partial charge in [-0.1, -0.05) is 0 Å². The molecule has 0 fully saturated rings. The van der Waals surface area contributed by atoms with Crippen LogP contribution >= 0.6 is 0 Å². The molecule has 0 saturated heterocycles. The molecule has 1 aromatic rings. The largest absolute Gasteiger partial charge is 0.464 e. The average molecular weight is 271 g/mol. The Morgan fingerprint density at radius 2 is 2.16 bits per heavy atom. The molecule has 6 nitrogen and oxygen atoms in total.